The molecule has 0 atom stereocenters. The Morgan fingerprint density at radius 1 is 1.21 bits per heavy atom. The summed E-state index contributed by atoms with van der Waals surface area (Å²) in [5.74, 6) is -0.318. The van der Waals surface area contributed by atoms with Gasteiger partial charge in [-0.25, -0.2) is 4.89 Å². The molecule has 0 aliphatic heterocycles. The Labute approximate surface area is 117 Å². The van der Waals surface area contributed by atoms with Crippen molar-refractivity contribution in [3.8, 4) is 11.2 Å². The molecule has 19 heavy (non-hydrogen) atoms. The van der Waals surface area contributed by atoms with Crippen molar-refractivity contribution in [1.29, 1.82) is 5.26 Å². The molecule has 1 aromatic carbocycles. The van der Waals surface area contributed by atoms with Gasteiger partial charge in [0.05, 0.1) is 7.11 Å². The van der Waals surface area contributed by atoms with Gasteiger partial charge >= 0.3 is 0 Å². The van der Waals surface area contributed by atoms with E-state index in [2.05, 4.69) is 15.3 Å². The van der Waals surface area contributed by atoms with E-state index in [9.17, 15) is 0 Å². The summed E-state index contributed by atoms with van der Waals surface area (Å²) in [6, 6.07) is 3.78. The number of thiocyanates is 1. The smallest absolute Gasteiger partial charge is 0.238 e. The van der Waals surface area contributed by atoms with Crippen LogP contribution in [-0.4, -0.2) is 12.9 Å². The van der Waals surface area contributed by atoms with Crippen LogP contribution in [0.4, 0.5) is 0 Å². The first-order chi connectivity index (χ1) is 8.89. The van der Waals surface area contributed by atoms with Crippen LogP contribution in [0.2, 0.25) is 0 Å². The van der Waals surface area contributed by atoms with Crippen LogP contribution < -0.4 is 4.74 Å². The minimum absolute atomic E-state index is 0.671. The highest BCUT2D eigenvalue weighted by Crippen LogP contribution is 2.31. The lowest BCUT2D eigenvalue weighted by molar-refractivity contribution is -0.551. The third kappa shape index (κ3) is 4.73. The van der Waals surface area contributed by atoms with Crippen molar-refractivity contribution in [3.63, 3.8) is 0 Å². The summed E-state index contributed by atoms with van der Waals surface area (Å²) >= 11 is 1.13. The second kappa shape index (κ2) is 6.78. The molecular weight excluding hydrogens is 266 g/mol. The molecule has 6 heteroatoms. The molecule has 0 saturated carbocycles. The average molecular weight is 283 g/mol. The topological polar surface area (TPSA) is 60.7 Å². The summed E-state index contributed by atoms with van der Waals surface area (Å²) in [6.45, 7) is 7.24. The number of ether oxygens (including phenoxy) is 1. The number of aryl methyl sites for hydroxylation is 2. The van der Waals surface area contributed by atoms with Crippen molar-refractivity contribution in [1.82, 2.24) is 0 Å². The monoisotopic (exact) mass is 283 g/mol. The minimum Gasteiger partial charge on any atom is -0.460 e. The van der Waals surface area contributed by atoms with Gasteiger partial charge in [0, 0.05) is 18.7 Å². The van der Waals surface area contributed by atoms with E-state index < -0.39 is 5.79 Å². The second-order valence-corrected chi connectivity index (χ2v) is 5.22. The number of thioether (sulfide) groups is 1. The van der Waals surface area contributed by atoms with E-state index in [4.69, 9.17) is 14.9 Å². The van der Waals surface area contributed by atoms with Crippen molar-refractivity contribution in [2.24, 2.45) is 0 Å². The van der Waals surface area contributed by atoms with E-state index in [0.717, 1.165) is 27.8 Å². The third-order valence-corrected chi connectivity index (χ3v) is 3.04. The first kappa shape index (κ1) is 15.8. The molecule has 0 aliphatic rings. The summed E-state index contributed by atoms with van der Waals surface area (Å²) in [5.41, 5.74) is 1.88. The number of hydrogen-bond donors (Lipinski definition) is 0. The molecule has 0 fully saturated rings. The molecule has 0 N–H and O–H groups in total. The molecule has 0 aromatic heterocycles. The molecule has 0 unspecified atom stereocenters. The molecule has 104 valence electrons. The lowest BCUT2D eigenvalue weighted by Crippen LogP contribution is -2.32. The van der Waals surface area contributed by atoms with Crippen molar-refractivity contribution in [3.05, 3.63) is 23.3 Å². The second-order valence-electron chi connectivity index (χ2n) is 4.40. The van der Waals surface area contributed by atoms with Crippen LogP contribution in [0.1, 0.15) is 25.0 Å². The number of nitrogens with zero attached hydrogens (tertiary/aromatic N) is 1. The van der Waals surface area contributed by atoms with Gasteiger partial charge in [-0.2, -0.15) is 10.1 Å². The minimum atomic E-state index is -0.989. The van der Waals surface area contributed by atoms with Gasteiger partial charge in [0.15, 0.2) is 0 Å². The molecule has 5 nitrogen and oxygen atoms in total. The van der Waals surface area contributed by atoms with E-state index in [-0.39, 0.29) is 0 Å². The van der Waals surface area contributed by atoms with E-state index in [1.807, 2.05) is 26.0 Å². The number of nitriles is 1. The Hall–Kier alpha value is -1.26. The summed E-state index contributed by atoms with van der Waals surface area (Å²) in [6.07, 6.45) is 0. The van der Waals surface area contributed by atoms with Crippen LogP contribution in [0.3, 0.4) is 0 Å². The molecule has 0 aliphatic carbocycles. The first-order valence-electron chi connectivity index (χ1n) is 5.64. The van der Waals surface area contributed by atoms with Gasteiger partial charge in [0.25, 0.3) is 0 Å². The van der Waals surface area contributed by atoms with E-state index in [0.29, 0.717) is 5.75 Å². The maximum absolute atomic E-state index is 8.72. The third-order valence-electron chi connectivity index (χ3n) is 2.29. The van der Waals surface area contributed by atoms with Crippen LogP contribution in [-0.2, 0) is 14.8 Å². The standard InChI is InChI=1S/C13H17NO4S/c1-9-7-12(19-8-14)10(2)6-11(9)16-13(3,4)17-18-15-5/h6-7H,1-5H3. The highest BCUT2D eigenvalue weighted by Gasteiger charge is 2.24. The Bertz CT molecular complexity index is 482. The molecular formula is C13H17NO4S. The van der Waals surface area contributed by atoms with Crippen molar-refractivity contribution in [2.45, 2.75) is 38.4 Å². The van der Waals surface area contributed by atoms with Gasteiger partial charge in [0.2, 0.25) is 5.79 Å². The Morgan fingerprint density at radius 2 is 1.89 bits per heavy atom. The highest BCUT2D eigenvalue weighted by atomic mass is 32.2. The average Bonchev–Trinajstić information content (AvgIpc) is 2.33. The summed E-state index contributed by atoms with van der Waals surface area (Å²) < 4.78 is 5.73. The van der Waals surface area contributed by atoms with Crippen LogP contribution in [0.5, 0.6) is 5.75 Å². The summed E-state index contributed by atoms with van der Waals surface area (Å²) in [5, 5.41) is 15.2. The van der Waals surface area contributed by atoms with Crippen molar-refractivity contribution in [2.75, 3.05) is 7.11 Å². The van der Waals surface area contributed by atoms with Crippen LogP contribution in [0.15, 0.2) is 17.0 Å². The predicted octanol–water partition coefficient (Wildman–Crippen LogP) is 3.50. The Kier molecular flexibility index (Phi) is 5.63. The van der Waals surface area contributed by atoms with E-state index in [1.165, 1.54) is 7.11 Å². The first-order valence-corrected chi connectivity index (χ1v) is 6.46. The SMILES string of the molecule is COOOC(C)(C)Oc1cc(C)c(SC#N)cc1C. The molecule has 1 aromatic rings. The van der Waals surface area contributed by atoms with Crippen LogP contribution in [0, 0.1) is 24.5 Å². The van der Waals surface area contributed by atoms with Crippen molar-refractivity contribution >= 4 is 11.8 Å². The number of hydrogen-bond acceptors (Lipinski definition) is 6. The summed E-state index contributed by atoms with van der Waals surface area (Å²) in [4.78, 5) is 10.2. The van der Waals surface area contributed by atoms with Gasteiger partial charge in [-0.15, -0.1) is 0 Å². The Morgan fingerprint density at radius 3 is 2.47 bits per heavy atom. The lowest BCUT2D eigenvalue weighted by atomic mass is 10.1. The van der Waals surface area contributed by atoms with Gasteiger partial charge in [0.1, 0.15) is 11.2 Å². The quantitative estimate of drug-likeness (QED) is 0.262. The van der Waals surface area contributed by atoms with Crippen molar-refractivity contribution < 1.29 is 19.6 Å². The van der Waals surface area contributed by atoms with E-state index in [1.54, 1.807) is 13.8 Å². The molecule has 0 spiro atoms. The lowest BCUT2D eigenvalue weighted by Gasteiger charge is -2.25. The van der Waals surface area contributed by atoms with Gasteiger partial charge in [-0.1, -0.05) is 5.04 Å². The van der Waals surface area contributed by atoms with Gasteiger partial charge < -0.3 is 4.74 Å². The molecule has 0 amide bonds. The Balaban J connectivity index is 2.90. The van der Waals surface area contributed by atoms with Crippen LogP contribution in [0.25, 0.3) is 0 Å². The maximum Gasteiger partial charge on any atom is 0.238 e. The largest absolute Gasteiger partial charge is 0.460 e. The molecule has 0 heterocycles. The maximum atomic E-state index is 8.72. The van der Waals surface area contributed by atoms with E-state index >= 15 is 0 Å². The molecule has 0 saturated heterocycles. The van der Waals surface area contributed by atoms with Gasteiger partial charge in [-0.3, -0.25) is 0 Å². The zero-order valence-electron chi connectivity index (χ0n) is 11.6. The normalized spacial score (nSPS) is 11.2. The zero-order valence-corrected chi connectivity index (χ0v) is 12.5. The fourth-order valence-electron chi connectivity index (χ4n) is 1.43. The number of benzene rings is 1. The fraction of sp³-hybridized carbons (Fsp3) is 0.462. The predicted molar refractivity (Wildman–Crippen MR) is 71.3 cm³/mol. The van der Waals surface area contributed by atoms with Crippen LogP contribution >= 0.6 is 11.8 Å². The molecule has 0 bridgehead atoms. The fourth-order valence-corrected chi connectivity index (χ4v) is 1.98. The molecule has 1 rings (SSSR count). The van der Waals surface area contributed by atoms with Gasteiger partial charge in [-0.05, 0) is 48.9 Å². The molecule has 0 radical (unpaired) electrons. The summed E-state index contributed by atoms with van der Waals surface area (Å²) in [7, 11) is 1.35. The highest BCUT2D eigenvalue weighted by molar-refractivity contribution is 8.03. The zero-order chi connectivity index (χ0) is 14.5. The number of rotatable bonds is 6.